The molecule has 0 saturated carbocycles. The van der Waals surface area contributed by atoms with E-state index in [1.54, 1.807) is 0 Å². The Kier molecular flexibility index (Phi) is 3.10. The van der Waals surface area contributed by atoms with E-state index in [0.717, 1.165) is 18.4 Å². The predicted molar refractivity (Wildman–Crippen MR) is 74.0 cm³/mol. The molecule has 2 N–H and O–H groups in total. The Balaban J connectivity index is 2.43. The molecule has 3 aromatic rings. The predicted octanol–water partition coefficient (Wildman–Crippen LogP) is 2.01. The van der Waals surface area contributed by atoms with E-state index in [1.165, 1.54) is 12.3 Å². The summed E-state index contributed by atoms with van der Waals surface area (Å²) in [5.41, 5.74) is -0.499. The number of aromatic nitrogens is 3. The minimum Gasteiger partial charge on any atom is -0.494 e. The van der Waals surface area contributed by atoms with Gasteiger partial charge < -0.3 is 10.1 Å². The summed E-state index contributed by atoms with van der Waals surface area (Å²) >= 11 is 0. The highest BCUT2D eigenvalue weighted by atomic mass is 32.2. The largest absolute Gasteiger partial charge is 0.494 e. The van der Waals surface area contributed by atoms with Crippen LogP contribution in [0, 0.1) is 11.6 Å². The van der Waals surface area contributed by atoms with Gasteiger partial charge in [0.25, 0.3) is 0 Å². The molecule has 2 aromatic heterocycles. The monoisotopic (exact) mass is 325 g/mol. The summed E-state index contributed by atoms with van der Waals surface area (Å²) in [6.07, 6.45) is 2.10. The van der Waals surface area contributed by atoms with Crippen LogP contribution in [-0.4, -0.2) is 34.7 Å². The Morgan fingerprint density at radius 1 is 1.18 bits per heavy atom. The molecule has 1 aromatic carbocycles. The first-order chi connectivity index (χ1) is 10.3. The van der Waals surface area contributed by atoms with Crippen LogP contribution in [0.2, 0.25) is 0 Å². The van der Waals surface area contributed by atoms with Gasteiger partial charge in [-0.2, -0.15) is 0 Å². The molecule has 0 saturated heterocycles. The second-order valence-electron chi connectivity index (χ2n) is 4.62. The van der Waals surface area contributed by atoms with Crippen molar-refractivity contribution in [2.24, 2.45) is 0 Å². The lowest BCUT2D eigenvalue weighted by molar-refractivity contribution is 0.461. The number of rotatable bonds is 2. The lowest BCUT2D eigenvalue weighted by Gasteiger charge is -2.07. The van der Waals surface area contributed by atoms with Crippen LogP contribution in [0.4, 0.5) is 8.78 Å². The van der Waals surface area contributed by atoms with Crippen LogP contribution >= 0.6 is 0 Å². The maximum Gasteiger partial charge on any atom is 0.201 e. The van der Waals surface area contributed by atoms with Crippen molar-refractivity contribution in [2.45, 2.75) is 5.03 Å². The van der Waals surface area contributed by atoms with Crippen molar-refractivity contribution in [1.82, 2.24) is 15.0 Å². The zero-order valence-corrected chi connectivity index (χ0v) is 11.9. The fraction of sp³-hybridized carbons (Fsp3) is 0.0769. The number of halogens is 2. The molecular formula is C13H9F2N3O3S. The smallest absolute Gasteiger partial charge is 0.201 e. The van der Waals surface area contributed by atoms with Gasteiger partial charge in [-0.15, -0.1) is 0 Å². The van der Waals surface area contributed by atoms with Gasteiger partial charge in [-0.05, 0) is 12.1 Å². The highest BCUT2D eigenvalue weighted by molar-refractivity contribution is 7.90. The first-order valence-electron chi connectivity index (χ1n) is 6.01. The molecule has 0 aliphatic heterocycles. The molecule has 3 rings (SSSR count). The average Bonchev–Trinajstić information content (AvgIpc) is 2.78. The number of aromatic amines is 1. The van der Waals surface area contributed by atoms with E-state index < -0.39 is 43.8 Å². The van der Waals surface area contributed by atoms with Crippen LogP contribution in [0.3, 0.4) is 0 Å². The van der Waals surface area contributed by atoms with E-state index in [1.807, 2.05) is 0 Å². The maximum atomic E-state index is 13.8. The Bertz CT molecular complexity index is 979. The van der Waals surface area contributed by atoms with Crippen LogP contribution in [-0.2, 0) is 9.84 Å². The van der Waals surface area contributed by atoms with E-state index in [2.05, 4.69) is 15.0 Å². The fourth-order valence-electron chi connectivity index (χ4n) is 2.08. The van der Waals surface area contributed by atoms with Gasteiger partial charge >= 0.3 is 0 Å². The van der Waals surface area contributed by atoms with Gasteiger partial charge in [0, 0.05) is 12.5 Å². The molecule has 2 heterocycles. The zero-order valence-electron chi connectivity index (χ0n) is 11.1. The highest BCUT2D eigenvalue weighted by Gasteiger charge is 2.23. The minimum absolute atomic E-state index is 0.0329. The highest BCUT2D eigenvalue weighted by Crippen LogP contribution is 2.31. The number of hydrogen-bond donors (Lipinski definition) is 2. The van der Waals surface area contributed by atoms with Gasteiger partial charge in [0.15, 0.2) is 20.7 Å². The normalized spacial score (nSPS) is 12.0. The van der Waals surface area contributed by atoms with Crippen molar-refractivity contribution in [1.29, 1.82) is 0 Å². The maximum absolute atomic E-state index is 13.8. The number of benzene rings is 1. The summed E-state index contributed by atoms with van der Waals surface area (Å²) in [5, 5.41) is 9.05. The van der Waals surface area contributed by atoms with Gasteiger partial charge in [-0.1, -0.05) is 6.07 Å². The SMILES string of the molecule is CS(=O)(=O)c1nc(-c2c(F)cccc2F)nc2c[nH]c(O)c12. The van der Waals surface area contributed by atoms with Gasteiger partial charge in [0.2, 0.25) is 5.88 Å². The molecule has 6 nitrogen and oxygen atoms in total. The third-order valence-corrected chi connectivity index (χ3v) is 4.02. The summed E-state index contributed by atoms with van der Waals surface area (Å²) in [4.78, 5) is 10.1. The minimum atomic E-state index is -3.85. The summed E-state index contributed by atoms with van der Waals surface area (Å²) in [7, 11) is -3.85. The average molecular weight is 325 g/mol. The summed E-state index contributed by atoms with van der Waals surface area (Å²) in [6.45, 7) is 0. The molecule has 114 valence electrons. The van der Waals surface area contributed by atoms with E-state index in [4.69, 9.17) is 0 Å². The Morgan fingerprint density at radius 2 is 1.82 bits per heavy atom. The molecule has 0 amide bonds. The van der Waals surface area contributed by atoms with Gasteiger partial charge in [-0.25, -0.2) is 27.2 Å². The number of nitrogens with zero attached hydrogens (tertiary/aromatic N) is 2. The molecule has 0 radical (unpaired) electrons. The zero-order chi connectivity index (χ0) is 16.1. The van der Waals surface area contributed by atoms with Gasteiger partial charge in [-0.3, -0.25) is 0 Å². The van der Waals surface area contributed by atoms with E-state index in [-0.39, 0.29) is 10.9 Å². The number of fused-ring (bicyclic) bond motifs is 1. The Labute approximate surface area is 123 Å². The third kappa shape index (κ3) is 2.19. The number of hydrogen-bond acceptors (Lipinski definition) is 5. The summed E-state index contributed by atoms with van der Waals surface area (Å²) in [5.74, 6) is -2.68. The topological polar surface area (TPSA) is 95.9 Å². The lowest BCUT2D eigenvalue weighted by atomic mass is 10.2. The first kappa shape index (κ1) is 14.4. The van der Waals surface area contributed by atoms with Crippen molar-refractivity contribution in [2.75, 3.05) is 6.26 Å². The molecular weight excluding hydrogens is 316 g/mol. The molecule has 22 heavy (non-hydrogen) atoms. The second kappa shape index (κ2) is 4.73. The summed E-state index contributed by atoms with van der Waals surface area (Å²) in [6, 6.07) is 3.20. The molecule has 0 aliphatic carbocycles. The van der Waals surface area contributed by atoms with Gasteiger partial charge in [0.05, 0.1) is 16.5 Å². The molecule has 0 unspecified atom stereocenters. The van der Waals surface area contributed by atoms with Crippen LogP contribution in [0.15, 0.2) is 29.4 Å². The number of nitrogens with one attached hydrogen (secondary N) is 1. The molecule has 0 aliphatic rings. The molecule has 0 spiro atoms. The molecule has 0 fully saturated rings. The van der Waals surface area contributed by atoms with Crippen molar-refractivity contribution in [3.05, 3.63) is 36.0 Å². The Morgan fingerprint density at radius 3 is 2.41 bits per heavy atom. The molecule has 0 bridgehead atoms. The number of sulfone groups is 1. The lowest BCUT2D eigenvalue weighted by Crippen LogP contribution is -2.05. The quantitative estimate of drug-likeness (QED) is 0.703. The fourth-order valence-corrected chi connectivity index (χ4v) is 2.91. The van der Waals surface area contributed by atoms with Crippen LogP contribution in [0.1, 0.15) is 0 Å². The van der Waals surface area contributed by atoms with Crippen LogP contribution in [0.25, 0.3) is 22.3 Å². The molecule has 9 heteroatoms. The first-order valence-corrected chi connectivity index (χ1v) is 7.90. The summed E-state index contributed by atoms with van der Waals surface area (Å²) < 4.78 is 51.4. The van der Waals surface area contributed by atoms with Crippen molar-refractivity contribution < 1.29 is 22.3 Å². The van der Waals surface area contributed by atoms with Crippen LogP contribution in [0.5, 0.6) is 5.88 Å². The third-order valence-electron chi connectivity index (χ3n) is 3.02. The van der Waals surface area contributed by atoms with E-state index in [0.29, 0.717) is 0 Å². The van der Waals surface area contributed by atoms with Gasteiger partial charge in [0.1, 0.15) is 11.6 Å². The van der Waals surface area contributed by atoms with Crippen molar-refractivity contribution in [3.8, 4) is 17.3 Å². The molecule has 0 atom stereocenters. The second-order valence-corrected chi connectivity index (χ2v) is 6.55. The van der Waals surface area contributed by atoms with E-state index >= 15 is 0 Å². The Hall–Kier alpha value is -2.55. The number of aromatic hydroxyl groups is 1. The van der Waals surface area contributed by atoms with E-state index in [9.17, 15) is 22.3 Å². The van der Waals surface area contributed by atoms with Crippen molar-refractivity contribution >= 4 is 20.7 Å². The van der Waals surface area contributed by atoms with Crippen molar-refractivity contribution in [3.63, 3.8) is 0 Å². The van der Waals surface area contributed by atoms with Crippen LogP contribution < -0.4 is 0 Å². The number of H-pyrrole nitrogens is 1. The standard InChI is InChI=1S/C13H9F2N3O3S/c1-22(20,21)13-10-8(5-16-12(10)19)17-11(18-13)9-6(14)3-2-4-7(9)15/h2-5,16,19H,1H3.